The smallest absolute Gasteiger partial charge is 0.261 e. The number of rotatable bonds is 9. The minimum absolute atomic E-state index is 0.0882. The number of benzene rings is 2. The Morgan fingerprint density at radius 1 is 1.13 bits per heavy atom. The van der Waals surface area contributed by atoms with Gasteiger partial charge in [-0.25, -0.2) is 0 Å². The topological polar surface area (TPSA) is 69.2 Å². The van der Waals surface area contributed by atoms with Crippen LogP contribution in [-0.2, 0) is 16.2 Å². The number of hydrogen-bond acceptors (Lipinski definition) is 5. The lowest BCUT2D eigenvalue weighted by molar-refractivity contribution is -0.126. The summed E-state index contributed by atoms with van der Waals surface area (Å²) >= 11 is 0. The summed E-state index contributed by atoms with van der Waals surface area (Å²) in [6.45, 7) is 2.56. The van der Waals surface area contributed by atoms with Crippen LogP contribution in [0.25, 0.3) is 0 Å². The molecule has 6 heteroatoms. The van der Waals surface area contributed by atoms with E-state index in [0.29, 0.717) is 24.0 Å². The van der Waals surface area contributed by atoms with Gasteiger partial charge >= 0.3 is 0 Å². The van der Waals surface area contributed by atoms with E-state index < -0.39 is 0 Å². The van der Waals surface area contributed by atoms with Crippen LogP contribution in [0.4, 0.5) is 0 Å². The van der Waals surface area contributed by atoms with Crippen LogP contribution in [0.5, 0.6) is 11.5 Å². The number of carbonyl (C=O) groups excluding carboxylic acids is 1. The minimum Gasteiger partial charge on any atom is -0.493 e. The molecule has 1 aliphatic carbocycles. The van der Waals surface area contributed by atoms with Crippen molar-refractivity contribution in [1.82, 2.24) is 5.32 Å². The van der Waals surface area contributed by atoms with Crippen molar-refractivity contribution in [3.8, 4) is 11.5 Å². The van der Waals surface area contributed by atoms with Gasteiger partial charge in [-0.1, -0.05) is 55.3 Å². The predicted molar refractivity (Wildman–Crippen MR) is 117 cm³/mol. The molecule has 0 saturated heterocycles. The molecule has 2 aromatic carbocycles. The highest BCUT2D eigenvalue weighted by Crippen LogP contribution is 2.28. The Morgan fingerprint density at radius 3 is 2.70 bits per heavy atom. The van der Waals surface area contributed by atoms with Crippen LogP contribution in [0.3, 0.4) is 0 Å². The molecule has 0 bridgehead atoms. The maximum atomic E-state index is 12.1. The molecule has 2 aromatic rings. The van der Waals surface area contributed by atoms with E-state index in [1.54, 1.807) is 13.3 Å². The molecule has 30 heavy (non-hydrogen) atoms. The molecule has 1 saturated carbocycles. The summed E-state index contributed by atoms with van der Waals surface area (Å²) in [5.41, 5.74) is 1.87. The lowest BCUT2D eigenvalue weighted by Crippen LogP contribution is -2.42. The van der Waals surface area contributed by atoms with Crippen molar-refractivity contribution in [3.05, 3.63) is 59.7 Å². The van der Waals surface area contributed by atoms with Gasteiger partial charge in [0.15, 0.2) is 18.1 Å². The maximum Gasteiger partial charge on any atom is 0.261 e. The van der Waals surface area contributed by atoms with E-state index in [4.69, 9.17) is 14.3 Å². The number of amides is 1. The zero-order valence-electron chi connectivity index (χ0n) is 17.7. The molecule has 1 amide bonds. The quantitative estimate of drug-likeness (QED) is 0.494. The molecule has 1 N–H and O–H groups in total. The molecule has 0 heterocycles. The maximum absolute atomic E-state index is 12.1. The van der Waals surface area contributed by atoms with Crippen molar-refractivity contribution in [2.75, 3.05) is 13.7 Å². The molecule has 2 atom stereocenters. The van der Waals surface area contributed by atoms with Gasteiger partial charge in [-0.3, -0.25) is 4.79 Å². The van der Waals surface area contributed by atoms with Crippen LogP contribution in [0.15, 0.2) is 53.7 Å². The van der Waals surface area contributed by atoms with Crippen LogP contribution in [0, 0.1) is 5.92 Å². The molecule has 1 aliphatic rings. The Hall–Kier alpha value is -3.02. The summed E-state index contributed by atoms with van der Waals surface area (Å²) in [6.07, 6.45) is 6.17. The zero-order chi connectivity index (χ0) is 21.2. The van der Waals surface area contributed by atoms with Crippen molar-refractivity contribution in [2.24, 2.45) is 11.1 Å². The van der Waals surface area contributed by atoms with Crippen molar-refractivity contribution >= 4 is 12.1 Å². The second-order valence-corrected chi connectivity index (χ2v) is 7.63. The SMILES string of the molecule is COc1cc(/C=N\OCC(=O)N[C@@H]2CCCC[C@@H]2C)ccc1OCc1ccccc1. The molecule has 1 fully saturated rings. The number of methoxy groups -OCH3 is 1. The summed E-state index contributed by atoms with van der Waals surface area (Å²) in [4.78, 5) is 17.2. The van der Waals surface area contributed by atoms with E-state index in [9.17, 15) is 4.79 Å². The number of nitrogens with one attached hydrogen (secondary N) is 1. The Bertz CT molecular complexity index is 838. The van der Waals surface area contributed by atoms with Crippen LogP contribution in [-0.4, -0.2) is 31.9 Å². The molecular formula is C24H30N2O4. The average Bonchev–Trinajstić information content (AvgIpc) is 2.78. The third-order valence-electron chi connectivity index (χ3n) is 5.35. The number of ether oxygens (including phenoxy) is 2. The molecule has 6 nitrogen and oxygen atoms in total. The van der Waals surface area contributed by atoms with Gasteiger partial charge in [0.2, 0.25) is 0 Å². The second kappa shape index (κ2) is 11.2. The number of oxime groups is 1. The fourth-order valence-corrected chi connectivity index (χ4v) is 3.59. The molecule has 0 unspecified atom stereocenters. The lowest BCUT2D eigenvalue weighted by atomic mass is 9.86. The van der Waals surface area contributed by atoms with E-state index >= 15 is 0 Å². The standard InChI is InChI=1S/C24H30N2O4/c1-18-8-6-7-11-21(18)26-24(27)17-30-25-15-20-12-13-22(23(14-20)28-2)29-16-19-9-4-3-5-10-19/h3-5,9-10,12-15,18,21H,6-8,11,16-17H2,1-2H3,(H,26,27)/b25-15-/t18-,21+/m0/s1. The first-order valence-electron chi connectivity index (χ1n) is 10.4. The van der Waals surface area contributed by atoms with Crippen molar-refractivity contribution < 1.29 is 19.1 Å². The van der Waals surface area contributed by atoms with E-state index in [-0.39, 0.29) is 18.6 Å². The van der Waals surface area contributed by atoms with Gasteiger partial charge in [0.25, 0.3) is 5.91 Å². The second-order valence-electron chi connectivity index (χ2n) is 7.63. The third-order valence-corrected chi connectivity index (χ3v) is 5.35. The monoisotopic (exact) mass is 410 g/mol. The molecular weight excluding hydrogens is 380 g/mol. The van der Waals surface area contributed by atoms with Gasteiger partial charge in [-0.2, -0.15) is 0 Å². The van der Waals surface area contributed by atoms with E-state index in [1.165, 1.54) is 12.8 Å². The number of hydrogen-bond donors (Lipinski definition) is 1. The normalized spacial score (nSPS) is 18.7. The highest BCUT2D eigenvalue weighted by Gasteiger charge is 2.22. The van der Waals surface area contributed by atoms with Gasteiger partial charge in [-0.15, -0.1) is 0 Å². The van der Waals surface area contributed by atoms with Gasteiger partial charge in [0.05, 0.1) is 13.3 Å². The Morgan fingerprint density at radius 2 is 1.93 bits per heavy atom. The highest BCUT2D eigenvalue weighted by atomic mass is 16.6. The van der Waals surface area contributed by atoms with Crippen molar-refractivity contribution in [2.45, 2.75) is 45.3 Å². The largest absolute Gasteiger partial charge is 0.493 e. The molecule has 0 radical (unpaired) electrons. The summed E-state index contributed by atoms with van der Waals surface area (Å²) in [5, 5.41) is 6.96. The number of carbonyl (C=O) groups is 1. The van der Waals surface area contributed by atoms with E-state index in [2.05, 4.69) is 17.4 Å². The minimum atomic E-state index is -0.131. The van der Waals surface area contributed by atoms with Crippen LogP contribution >= 0.6 is 0 Å². The summed E-state index contributed by atoms with van der Waals surface area (Å²) in [5.74, 6) is 1.65. The summed E-state index contributed by atoms with van der Waals surface area (Å²) < 4.78 is 11.3. The van der Waals surface area contributed by atoms with Gasteiger partial charge in [0, 0.05) is 11.6 Å². The number of nitrogens with zero attached hydrogens (tertiary/aromatic N) is 1. The molecule has 0 spiro atoms. The summed E-state index contributed by atoms with van der Waals surface area (Å²) in [6, 6.07) is 15.7. The zero-order valence-corrected chi connectivity index (χ0v) is 17.7. The summed E-state index contributed by atoms with van der Waals surface area (Å²) in [7, 11) is 1.60. The first-order valence-corrected chi connectivity index (χ1v) is 10.4. The first kappa shape index (κ1) is 21.7. The van der Waals surface area contributed by atoms with E-state index in [1.807, 2.05) is 48.5 Å². The van der Waals surface area contributed by atoms with Crippen LogP contribution in [0.1, 0.15) is 43.7 Å². The predicted octanol–water partition coefficient (Wildman–Crippen LogP) is 4.32. The van der Waals surface area contributed by atoms with Gasteiger partial charge in [0.1, 0.15) is 6.61 Å². The Balaban J connectivity index is 1.47. The molecule has 0 aliphatic heterocycles. The van der Waals surface area contributed by atoms with Gasteiger partial charge < -0.3 is 19.6 Å². The molecule has 0 aromatic heterocycles. The third kappa shape index (κ3) is 6.51. The molecule has 160 valence electrons. The Labute approximate surface area is 178 Å². The first-order chi connectivity index (χ1) is 14.7. The fraction of sp³-hybridized carbons (Fsp3) is 0.417. The lowest BCUT2D eigenvalue weighted by Gasteiger charge is -2.29. The van der Waals surface area contributed by atoms with Crippen molar-refractivity contribution in [1.29, 1.82) is 0 Å². The Kier molecular flexibility index (Phi) is 8.12. The van der Waals surface area contributed by atoms with E-state index in [0.717, 1.165) is 24.0 Å². The highest BCUT2D eigenvalue weighted by molar-refractivity contribution is 5.81. The van der Waals surface area contributed by atoms with Crippen molar-refractivity contribution in [3.63, 3.8) is 0 Å². The molecule has 3 rings (SSSR count). The fourth-order valence-electron chi connectivity index (χ4n) is 3.59. The van der Waals surface area contributed by atoms with Gasteiger partial charge in [-0.05, 0) is 42.5 Å². The van der Waals surface area contributed by atoms with Crippen LogP contribution < -0.4 is 14.8 Å². The average molecular weight is 411 g/mol. The van der Waals surface area contributed by atoms with Crippen LogP contribution in [0.2, 0.25) is 0 Å².